The van der Waals surface area contributed by atoms with Crippen LogP contribution in [-0.2, 0) is 0 Å². The molecule has 1 aromatic heterocycles. The third-order valence-electron chi connectivity index (χ3n) is 3.25. The van der Waals surface area contributed by atoms with Crippen molar-refractivity contribution in [1.82, 2.24) is 4.98 Å². The van der Waals surface area contributed by atoms with Crippen LogP contribution in [0.3, 0.4) is 0 Å². The van der Waals surface area contributed by atoms with Crippen LogP contribution in [0.5, 0.6) is 0 Å². The molecule has 0 saturated heterocycles. The maximum atomic E-state index is 5.82. The molecule has 2 atom stereocenters. The van der Waals surface area contributed by atoms with Crippen molar-refractivity contribution >= 4 is 17.3 Å². The van der Waals surface area contributed by atoms with Crippen LogP contribution in [0, 0.1) is 12.8 Å². The van der Waals surface area contributed by atoms with E-state index < -0.39 is 0 Å². The van der Waals surface area contributed by atoms with Crippen molar-refractivity contribution in [3.63, 3.8) is 0 Å². The molecule has 1 aromatic rings. The molecule has 1 aliphatic rings. The highest BCUT2D eigenvalue weighted by Gasteiger charge is 2.23. The van der Waals surface area contributed by atoms with Gasteiger partial charge in [0.25, 0.3) is 0 Å². The van der Waals surface area contributed by atoms with Gasteiger partial charge in [0.2, 0.25) is 0 Å². The van der Waals surface area contributed by atoms with Gasteiger partial charge >= 0.3 is 0 Å². The lowest BCUT2D eigenvalue weighted by atomic mass is 10.1. The predicted molar refractivity (Wildman–Crippen MR) is 64.4 cm³/mol. The summed E-state index contributed by atoms with van der Waals surface area (Å²) in [7, 11) is 0. The summed E-state index contributed by atoms with van der Waals surface area (Å²) in [6.07, 6.45) is 3.93. The van der Waals surface area contributed by atoms with Gasteiger partial charge in [-0.2, -0.15) is 0 Å². The summed E-state index contributed by atoms with van der Waals surface area (Å²) < 4.78 is 0. The van der Waals surface area contributed by atoms with Gasteiger partial charge in [-0.25, -0.2) is 4.98 Å². The van der Waals surface area contributed by atoms with Gasteiger partial charge in [0.05, 0.1) is 11.4 Å². The van der Waals surface area contributed by atoms with E-state index in [1.807, 2.05) is 19.1 Å². The van der Waals surface area contributed by atoms with Crippen LogP contribution in [-0.4, -0.2) is 11.0 Å². The van der Waals surface area contributed by atoms with Gasteiger partial charge in [0.15, 0.2) is 0 Å². The molecule has 15 heavy (non-hydrogen) atoms. The lowest BCUT2D eigenvalue weighted by Gasteiger charge is -2.19. The molecular formula is C12H17ClN2. The first-order valence-electron chi connectivity index (χ1n) is 5.56. The van der Waals surface area contributed by atoms with Crippen LogP contribution in [0.2, 0.25) is 5.15 Å². The Morgan fingerprint density at radius 3 is 2.80 bits per heavy atom. The number of halogens is 1. The molecule has 3 heteroatoms. The molecule has 2 nitrogen and oxygen atoms in total. The largest absolute Gasteiger partial charge is 0.381 e. The summed E-state index contributed by atoms with van der Waals surface area (Å²) in [5, 5.41) is 4.13. The molecule has 0 spiro atoms. The summed E-state index contributed by atoms with van der Waals surface area (Å²) in [4.78, 5) is 4.24. The maximum absolute atomic E-state index is 5.82. The Bertz CT molecular complexity index is 351. The number of pyridine rings is 1. The van der Waals surface area contributed by atoms with Crippen LogP contribution in [0.1, 0.15) is 31.9 Å². The van der Waals surface area contributed by atoms with Crippen molar-refractivity contribution in [1.29, 1.82) is 0 Å². The number of rotatable bonds is 2. The molecule has 0 bridgehead atoms. The fourth-order valence-electron chi connectivity index (χ4n) is 2.24. The van der Waals surface area contributed by atoms with Crippen molar-refractivity contribution in [2.75, 3.05) is 5.32 Å². The first-order chi connectivity index (χ1) is 7.16. The number of anilines is 1. The number of nitrogens with zero attached hydrogens (tertiary/aromatic N) is 1. The fourth-order valence-corrected chi connectivity index (χ4v) is 2.43. The highest BCUT2D eigenvalue weighted by atomic mass is 35.5. The third-order valence-corrected chi connectivity index (χ3v) is 3.46. The van der Waals surface area contributed by atoms with Gasteiger partial charge in [0, 0.05) is 6.04 Å². The number of hydrogen-bond acceptors (Lipinski definition) is 2. The van der Waals surface area contributed by atoms with E-state index in [4.69, 9.17) is 11.6 Å². The zero-order valence-electron chi connectivity index (χ0n) is 9.26. The van der Waals surface area contributed by atoms with Crippen LogP contribution >= 0.6 is 11.6 Å². The van der Waals surface area contributed by atoms with Crippen molar-refractivity contribution in [3.8, 4) is 0 Å². The average Bonchev–Trinajstić information content (AvgIpc) is 2.57. The minimum atomic E-state index is 0.567. The normalized spacial score (nSPS) is 25.5. The number of aryl methyl sites for hydroxylation is 1. The Morgan fingerprint density at radius 2 is 2.20 bits per heavy atom. The van der Waals surface area contributed by atoms with E-state index >= 15 is 0 Å². The lowest BCUT2D eigenvalue weighted by Crippen LogP contribution is -2.22. The monoisotopic (exact) mass is 224 g/mol. The van der Waals surface area contributed by atoms with Crippen LogP contribution < -0.4 is 5.32 Å². The van der Waals surface area contributed by atoms with Crippen molar-refractivity contribution in [2.45, 2.75) is 39.2 Å². The first kappa shape index (κ1) is 10.7. The zero-order valence-corrected chi connectivity index (χ0v) is 10.0. The number of aromatic nitrogens is 1. The van der Waals surface area contributed by atoms with E-state index in [-0.39, 0.29) is 0 Å². The molecule has 0 radical (unpaired) electrons. The predicted octanol–water partition coefficient (Wildman–Crippen LogP) is 3.64. The Hall–Kier alpha value is -0.760. The Balaban J connectivity index is 2.10. The minimum absolute atomic E-state index is 0.567. The van der Waals surface area contributed by atoms with E-state index in [2.05, 4.69) is 17.2 Å². The summed E-state index contributed by atoms with van der Waals surface area (Å²) in [5.74, 6) is 0.764. The molecular weight excluding hydrogens is 208 g/mol. The topological polar surface area (TPSA) is 24.9 Å². The third kappa shape index (κ3) is 2.43. The molecule has 2 unspecified atom stereocenters. The standard InChI is InChI=1S/C12H17ClN2/c1-8-4-3-5-10(8)15-11-6-7-12(13)14-9(11)2/h6-8,10,15H,3-5H2,1-2H3. The van der Waals surface area contributed by atoms with Gasteiger partial charge in [-0.05, 0) is 37.8 Å². The highest BCUT2D eigenvalue weighted by Crippen LogP contribution is 2.28. The molecule has 82 valence electrons. The van der Waals surface area contributed by atoms with Crippen LogP contribution in [0.4, 0.5) is 5.69 Å². The SMILES string of the molecule is Cc1nc(Cl)ccc1NC1CCCC1C. The van der Waals surface area contributed by atoms with E-state index in [1.165, 1.54) is 19.3 Å². The van der Waals surface area contributed by atoms with Gasteiger partial charge in [0.1, 0.15) is 5.15 Å². The minimum Gasteiger partial charge on any atom is -0.381 e. The van der Waals surface area contributed by atoms with Crippen LogP contribution in [0.15, 0.2) is 12.1 Å². The molecule has 1 N–H and O–H groups in total. The second kappa shape index (κ2) is 4.40. The molecule has 1 fully saturated rings. The van der Waals surface area contributed by atoms with Crippen molar-refractivity contribution < 1.29 is 0 Å². The fraction of sp³-hybridized carbons (Fsp3) is 0.583. The molecule has 1 saturated carbocycles. The highest BCUT2D eigenvalue weighted by molar-refractivity contribution is 6.29. The van der Waals surface area contributed by atoms with E-state index in [1.54, 1.807) is 0 Å². The molecule has 1 heterocycles. The summed E-state index contributed by atoms with van der Waals surface area (Å²) in [6, 6.07) is 4.47. The molecule has 0 aliphatic heterocycles. The van der Waals surface area contributed by atoms with Gasteiger partial charge in [-0.1, -0.05) is 24.9 Å². The second-order valence-electron chi connectivity index (χ2n) is 4.43. The van der Waals surface area contributed by atoms with E-state index in [0.717, 1.165) is 17.3 Å². The van der Waals surface area contributed by atoms with E-state index in [0.29, 0.717) is 11.2 Å². The van der Waals surface area contributed by atoms with Crippen molar-refractivity contribution in [3.05, 3.63) is 23.0 Å². The van der Waals surface area contributed by atoms with Gasteiger partial charge < -0.3 is 5.32 Å². The summed E-state index contributed by atoms with van der Waals surface area (Å²) >= 11 is 5.82. The average molecular weight is 225 g/mol. The maximum Gasteiger partial charge on any atom is 0.129 e. The Kier molecular flexibility index (Phi) is 3.15. The summed E-state index contributed by atoms with van der Waals surface area (Å²) in [6.45, 7) is 4.30. The lowest BCUT2D eigenvalue weighted by molar-refractivity contribution is 0.556. The first-order valence-corrected chi connectivity index (χ1v) is 5.94. The van der Waals surface area contributed by atoms with Crippen LogP contribution in [0.25, 0.3) is 0 Å². The zero-order chi connectivity index (χ0) is 10.8. The Labute approximate surface area is 96.1 Å². The van der Waals surface area contributed by atoms with Gasteiger partial charge in [-0.3, -0.25) is 0 Å². The number of nitrogens with one attached hydrogen (secondary N) is 1. The van der Waals surface area contributed by atoms with Crippen molar-refractivity contribution in [2.24, 2.45) is 5.92 Å². The number of hydrogen-bond donors (Lipinski definition) is 1. The second-order valence-corrected chi connectivity index (χ2v) is 4.81. The summed E-state index contributed by atoms with van der Waals surface area (Å²) in [5.41, 5.74) is 2.11. The quantitative estimate of drug-likeness (QED) is 0.776. The molecule has 0 amide bonds. The Morgan fingerprint density at radius 1 is 1.40 bits per heavy atom. The van der Waals surface area contributed by atoms with E-state index in [9.17, 15) is 0 Å². The van der Waals surface area contributed by atoms with Gasteiger partial charge in [-0.15, -0.1) is 0 Å². The smallest absolute Gasteiger partial charge is 0.129 e. The molecule has 0 aromatic carbocycles. The molecule has 1 aliphatic carbocycles. The molecule has 2 rings (SSSR count).